The van der Waals surface area contributed by atoms with Crippen molar-refractivity contribution in [3.05, 3.63) is 28.5 Å². The molecule has 0 unspecified atom stereocenters. The summed E-state index contributed by atoms with van der Waals surface area (Å²) < 4.78 is 6.12. The summed E-state index contributed by atoms with van der Waals surface area (Å²) in [6, 6.07) is 5.68. The Kier molecular flexibility index (Phi) is 5.58. The summed E-state index contributed by atoms with van der Waals surface area (Å²) in [6.07, 6.45) is 2.08. The van der Waals surface area contributed by atoms with Crippen LogP contribution in [0, 0.1) is 0 Å². The maximum atomic E-state index is 12.2. The van der Waals surface area contributed by atoms with Crippen molar-refractivity contribution in [2.75, 3.05) is 6.54 Å². The number of hydrogen-bond acceptors (Lipinski definition) is 4. The largest absolute Gasteiger partial charge is 0.447 e. The van der Waals surface area contributed by atoms with E-state index < -0.39 is 0 Å². The summed E-state index contributed by atoms with van der Waals surface area (Å²) >= 11 is 3.37. The molecular formula is C15H22BrN3O2. The molecule has 0 spiro atoms. The topological polar surface area (TPSA) is 68.5 Å². The van der Waals surface area contributed by atoms with Crippen LogP contribution in [0.15, 0.2) is 22.8 Å². The lowest BCUT2D eigenvalue weighted by Gasteiger charge is -2.39. The molecule has 2 atom stereocenters. The molecule has 1 aromatic rings. The van der Waals surface area contributed by atoms with E-state index in [1.807, 2.05) is 32.0 Å². The van der Waals surface area contributed by atoms with Gasteiger partial charge in [-0.2, -0.15) is 0 Å². The standard InChI is InChI=1S/C15H22BrN3O2/c1-10(2)21-15(20)19-8-4-6-12(17)13(19)9-11-5-3-7-14(16)18-11/h3,5,7,10,12-13H,4,6,8-9,17H2,1-2H3/t12-,13-/m1/s1. The third-order valence-electron chi connectivity index (χ3n) is 3.59. The van der Waals surface area contributed by atoms with Crippen molar-refractivity contribution in [1.29, 1.82) is 0 Å². The lowest BCUT2D eigenvalue weighted by Crippen LogP contribution is -2.55. The maximum absolute atomic E-state index is 12.2. The highest BCUT2D eigenvalue weighted by molar-refractivity contribution is 9.10. The van der Waals surface area contributed by atoms with Gasteiger partial charge in [-0.25, -0.2) is 9.78 Å². The van der Waals surface area contributed by atoms with Crippen LogP contribution in [-0.2, 0) is 11.2 Å². The molecule has 2 heterocycles. The van der Waals surface area contributed by atoms with Gasteiger partial charge in [0.05, 0.1) is 12.1 Å². The Morgan fingerprint density at radius 1 is 1.57 bits per heavy atom. The predicted octanol–water partition coefficient (Wildman–Crippen LogP) is 2.72. The highest BCUT2D eigenvalue weighted by Crippen LogP contribution is 2.21. The second-order valence-electron chi connectivity index (χ2n) is 5.66. The Bertz CT molecular complexity index is 496. The van der Waals surface area contributed by atoms with Crippen molar-refractivity contribution >= 4 is 22.0 Å². The van der Waals surface area contributed by atoms with Crippen LogP contribution in [0.2, 0.25) is 0 Å². The van der Waals surface area contributed by atoms with Crippen molar-refractivity contribution in [3.63, 3.8) is 0 Å². The lowest BCUT2D eigenvalue weighted by molar-refractivity contribution is 0.0477. The second-order valence-corrected chi connectivity index (χ2v) is 6.47. The summed E-state index contributed by atoms with van der Waals surface area (Å²) in [4.78, 5) is 18.4. The van der Waals surface area contributed by atoms with Gasteiger partial charge in [-0.05, 0) is 54.8 Å². The fourth-order valence-electron chi connectivity index (χ4n) is 2.62. The predicted molar refractivity (Wildman–Crippen MR) is 85.0 cm³/mol. The Hall–Kier alpha value is -1.14. The first-order chi connectivity index (χ1) is 9.97. The SMILES string of the molecule is CC(C)OC(=O)N1CCC[C@@H](N)[C@H]1Cc1cccc(Br)n1. The molecule has 1 aromatic heterocycles. The van der Waals surface area contributed by atoms with Crippen LogP contribution in [0.25, 0.3) is 0 Å². The number of rotatable bonds is 3. The average Bonchev–Trinajstić information content (AvgIpc) is 2.40. The molecule has 5 nitrogen and oxygen atoms in total. The van der Waals surface area contributed by atoms with Crippen LogP contribution in [0.4, 0.5) is 4.79 Å². The molecule has 6 heteroatoms. The third kappa shape index (κ3) is 4.41. The van der Waals surface area contributed by atoms with Crippen molar-refractivity contribution in [2.24, 2.45) is 5.73 Å². The molecule has 1 fully saturated rings. The number of aromatic nitrogens is 1. The normalized spacial score (nSPS) is 22.4. The first-order valence-corrected chi connectivity index (χ1v) is 8.11. The van der Waals surface area contributed by atoms with Crippen LogP contribution in [0.1, 0.15) is 32.4 Å². The van der Waals surface area contributed by atoms with Crippen molar-refractivity contribution in [2.45, 2.75) is 51.3 Å². The third-order valence-corrected chi connectivity index (χ3v) is 4.03. The summed E-state index contributed by atoms with van der Waals surface area (Å²) in [6.45, 7) is 4.40. The number of pyridine rings is 1. The minimum absolute atomic E-state index is 0.0424. The number of piperidine rings is 1. The van der Waals surface area contributed by atoms with Crippen LogP contribution in [0.3, 0.4) is 0 Å². The number of ether oxygens (including phenoxy) is 1. The van der Waals surface area contributed by atoms with E-state index in [4.69, 9.17) is 10.5 Å². The number of likely N-dealkylation sites (tertiary alicyclic amines) is 1. The Balaban J connectivity index is 2.13. The maximum Gasteiger partial charge on any atom is 0.410 e. The molecule has 2 N–H and O–H groups in total. The Morgan fingerprint density at radius 2 is 2.33 bits per heavy atom. The first kappa shape index (κ1) is 16.2. The molecule has 1 amide bonds. The minimum atomic E-state index is -0.278. The zero-order valence-electron chi connectivity index (χ0n) is 12.5. The molecule has 1 aliphatic heterocycles. The zero-order chi connectivity index (χ0) is 15.4. The molecule has 0 radical (unpaired) electrons. The van der Waals surface area contributed by atoms with Gasteiger partial charge < -0.3 is 15.4 Å². The number of nitrogens with zero attached hydrogens (tertiary/aromatic N) is 2. The lowest BCUT2D eigenvalue weighted by atomic mass is 9.93. The van der Waals surface area contributed by atoms with E-state index >= 15 is 0 Å². The molecule has 1 saturated heterocycles. The van der Waals surface area contributed by atoms with Crippen LogP contribution in [0.5, 0.6) is 0 Å². The van der Waals surface area contributed by atoms with E-state index in [1.54, 1.807) is 4.90 Å². The first-order valence-electron chi connectivity index (χ1n) is 7.31. The fourth-order valence-corrected chi connectivity index (χ4v) is 3.00. The summed E-state index contributed by atoms with van der Waals surface area (Å²) in [7, 11) is 0. The van der Waals surface area contributed by atoms with Gasteiger partial charge in [-0.3, -0.25) is 0 Å². The van der Waals surface area contributed by atoms with Crippen molar-refractivity contribution in [1.82, 2.24) is 9.88 Å². The van der Waals surface area contributed by atoms with Gasteiger partial charge in [0, 0.05) is 24.7 Å². The van der Waals surface area contributed by atoms with Crippen LogP contribution >= 0.6 is 15.9 Å². The Labute approximate surface area is 134 Å². The van der Waals surface area contributed by atoms with E-state index in [0.717, 1.165) is 23.1 Å². The second kappa shape index (κ2) is 7.22. The number of nitrogens with two attached hydrogens (primary N) is 1. The zero-order valence-corrected chi connectivity index (χ0v) is 14.0. The average molecular weight is 356 g/mol. The summed E-state index contributed by atoms with van der Waals surface area (Å²) in [5.41, 5.74) is 7.16. The number of carbonyl (C=O) groups is 1. The van der Waals surface area contributed by atoms with Crippen molar-refractivity contribution in [3.8, 4) is 0 Å². The molecule has 1 aliphatic rings. The monoisotopic (exact) mass is 355 g/mol. The number of halogens is 1. The molecule has 0 saturated carbocycles. The minimum Gasteiger partial charge on any atom is -0.447 e. The molecule has 2 rings (SSSR count). The van der Waals surface area contributed by atoms with E-state index in [9.17, 15) is 4.79 Å². The van der Waals surface area contributed by atoms with Gasteiger partial charge in [0.15, 0.2) is 0 Å². The van der Waals surface area contributed by atoms with E-state index in [0.29, 0.717) is 13.0 Å². The summed E-state index contributed by atoms with van der Waals surface area (Å²) in [5, 5.41) is 0. The number of amides is 1. The van der Waals surface area contributed by atoms with Crippen LogP contribution in [-0.4, -0.2) is 40.7 Å². The quantitative estimate of drug-likeness (QED) is 0.846. The highest BCUT2D eigenvalue weighted by Gasteiger charge is 2.33. The molecular weight excluding hydrogens is 334 g/mol. The molecule has 0 aliphatic carbocycles. The molecule has 0 aromatic carbocycles. The number of carbonyl (C=O) groups excluding carboxylic acids is 1. The van der Waals surface area contributed by atoms with Crippen LogP contribution < -0.4 is 5.73 Å². The van der Waals surface area contributed by atoms with E-state index in [2.05, 4.69) is 20.9 Å². The molecule has 0 bridgehead atoms. The van der Waals surface area contributed by atoms with Crippen molar-refractivity contribution < 1.29 is 9.53 Å². The van der Waals surface area contributed by atoms with Gasteiger partial charge in [0.25, 0.3) is 0 Å². The highest BCUT2D eigenvalue weighted by atomic mass is 79.9. The van der Waals surface area contributed by atoms with Gasteiger partial charge in [0.1, 0.15) is 4.60 Å². The van der Waals surface area contributed by atoms with Gasteiger partial charge >= 0.3 is 6.09 Å². The van der Waals surface area contributed by atoms with Gasteiger partial charge in [-0.1, -0.05) is 6.07 Å². The molecule has 21 heavy (non-hydrogen) atoms. The summed E-state index contributed by atoms with van der Waals surface area (Å²) in [5.74, 6) is 0. The Morgan fingerprint density at radius 3 is 3.00 bits per heavy atom. The fraction of sp³-hybridized carbons (Fsp3) is 0.600. The van der Waals surface area contributed by atoms with E-state index in [1.165, 1.54) is 0 Å². The van der Waals surface area contributed by atoms with Gasteiger partial charge in [-0.15, -0.1) is 0 Å². The van der Waals surface area contributed by atoms with E-state index in [-0.39, 0.29) is 24.3 Å². The number of hydrogen-bond donors (Lipinski definition) is 1. The smallest absolute Gasteiger partial charge is 0.410 e. The molecule has 116 valence electrons. The van der Waals surface area contributed by atoms with Gasteiger partial charge in [0.2, 0.25) is 0 Å².